The lowest BCUT2D eigenvalue weighted by Gasteiger charge is -2.42. The first-order valence-corrected chi connectivity index (χ1v) is 27.3. The highest BCUT2D eigenvalue weighted by Crippen LogP contribution is 2.27. The minimum atomic E-state index is -1.76. The van der Waals surface area contributed by atoms with Crippen LogP contribution in [0.2, 0.25) is 0 Å². The molecule has 2 fully saturated rings. The molecule has 11 atom stereocenters. The number of carbonyl (C=O) groups excluding carboxylic acids is 2. The lowest BCUT2D eigenvalue weighted by molar-refractivity contribution is -0.332. The van der Waals surface area contributed by atoms with Gasteiger partial charge in [0.15, 0.2) is 18.7 Å². The Kier molecular flexibility index (Phi) is 37.4. The molecule has 2 aliphatic rings. The van der Waals surface area contributed by atoms with E-state index >= 15 is 0 Å². The molecule has 0 spiro atoms. The molecule has 15 heteroatoms. The Bertz CT molecular complexity index is 1240. The van der Waals surface area contributed by atoms with Crippen LogP contribution in [0.3, 0.4) is 0 Å². The molecule has 0 aromatic carbocycles. The van der Waals surface area contributed by atoms with Crippen molar-refractivity contribution in [2.24, 2.45) is 0 Å². The summed E-state index contributed by atoms with van der Waals surface area (Å²) in [5, 5.41) is 72.1. The third kappa shape index (κ3) is 28.3. The van der Waals surface area contributed by atoms with Crippen molar-refractivity contribution in [1.82, 2.24) is 0 Å². The first kappa shape index (κ1) is 62.4. The van der Waals surface area contributed by atoms with Crippen LogP contribution in [0.15, 0.2) is 12.2 Å². The highest BCUT2D eigenvalue weighted by Gasteiger charge is 2.47. The maximum atomic E-state index is 13.0. The van der Waals surface area contributed by atoms with Crippen LogP contribution in [-0.2, 0) is 38.0 Å². The Morgan fingerprint density at radius 2 is 0.838 bits per heavy atom. The van der Waals surface area contributed by atoms with Gasteiger partial charge in [-0.15, -0.1) is 0 Å². The number of ether oxygens (including phenoxy) is 6. The Labute approximate surface area is 410 Å². The Morgan fingerprint density at radius 1 is 0.456 bits per heavy atom. The smallest absolute Gasteiger partial charge is 0.306 e. The van der Waals surface area contributed by atoms with Gasteiger partial charge in [-0.1, -0.05) is 180 Å². The van der Waals surface area contributed by atoms with Crippen molar-refractivity contribution in [3.05, 3.63) is 12.2 Å². The normalized spacial score (nSPS) is 25.8. The van der Waals surface area contributed by atoms with Gasteiger partial charge in [-0.3, -0.25) is 9.59 Å². The number of allylic oxidation sites excluding steroid dienone is 2. The molecule has 0 aliphatic carbocycles. The van der Waals surface area contributed by atoms with E-state index in [-0.39, 0.29) is 26.1 Å². The van der Waals surface area contributed by atoms with Crippen LogP contribution in [0, 0.1) is 0 Å². The summed E-state index contributed by atoms with van der Waals surface area (Å²) in [6.45, 7) is 2.61. The molecule has 0 amide bonds. The molecule has 400 valence electrons. The minimum absolute atomic E-state index is 0.170. The summed E-state index contributed by atoms with van der Waals surface area (Å²) in [5.41, 5.74) is 0. The van der Waals surface area contributed by atoms with Gasteiger partial charge in [0.25, 0.3) is 0 Å². The number of unbranched alkanes of at least 4 members (excludes halogenated alkanes) is 27. The van der Waals surface area contributed by atoms with Crippen LogP contribution >= 0.6 is 0 Å². The van der Waals surface area contributed by atoms with Crippen molar-refractivity contribution >= 4 is 11.9 Å². The number of carbonyl (C=O) groups is 2. The summed E-state index contributed by atoms with van der Waals surface area (Å²) >= 11 is 0. The number of esters is 2. The van der Waals surface area contributed by atoms with Gasteiger partial charge in [0.05, 0.1) is 19.8 Å². The van der Waals surface area contributed by atoms with Crippen molar-refractivity contribution < 1.29 is 73.8 Å². The van der Waals surface area contributed by atoms with Gasteiger partial charge in [-0.25, -0.2) is 0 Å². The number of rotatable bonds is 43. The van der Waals surface area contributed by atoms with E-state index in [0.717, 1.165) is 38.5 Å². The Balaban J connectivity index is 1.77. The molecular weight excluding hydrogens is 877 g/mol. The molecule has 2 saturated heterocycles. The highest BCUT2D eigenvalue weighted by molar-refractivity contribution is 5.70. The molecule has 2 aliphatic heterocycles. The lowest BCUT2D eigenvalue weighted by Crippen LogP contribution is -2.61. The zero-order valence-electron chi connectivity index (χ0n) is 42.4. The SMILES string of the molecule is CCCCCCCC/C=C/CCCCCCCCCCCC(=O)OC[C@@H](CO[C@@H]1O[C@H](CO[C@@H]2O[C@H](CO)[C@H](O)C(O)C2O)[C@H](O)C(O)C1O)OC(=O)CCCCCCCCCCCCCCC. The first-order chi connectivity index (χ1) is 33.0. The summed E-state index contributed by atoms with van der Waals surface area (Å²) in [5.74, 6) is -0.916. The van der Waals surface area contributed by atoms with Crippen LogP contribution < -0.4 is 0 Å². The third-order valence-corrected chi connectivity index (χ3v) is 13.2. The molecule has 15 nitrogen and oxygen atoms in total. The molecule has 0 bridgehead atoms. The second kappa shape index (κ2) is 40.8. The number of hydrogen-bond acceptors (Lipinski definition) is 15. The van der Waals surface area contributed by atoms with Gasteiger partial charge >= 0.3 is 11.9 Å². The predicted octanol–water partition coefficient (Wildman–Crippen LogP) is 8.16. The fraction of sp³-hybridized carbons (Fsp3) is 0.925. The van der Waals surface area contributed by atoms with Crippen LogP contribution in [0.1, 0.15) is 219 Å². The average molecular weight is 975 g/mol. The van der Waals surface area contributed by atoms with E-state index in [0.29, 0.717) is 12.8 Å². The molecule has 0 saturated carbocycles. The van der Waals surface area contributed by atoms with E-state index in [1.54, 1.807) is 0 Å². The van der Waals surface area contributed by atoms with Crippen molar-refractivity contribution in [2.75, 3.05) is 26.4 Å². The molecule has 0 aromatic rings. The van der Waals surface area contributed by atoms with Crippen molar-refractivity contribution in [1.29, 1.82) is 0 Å². The van der Waals surface area contributed by atoms with E-state index in [1.165, 1.54) is 141 Å². The van der Waals surface area contributed by atoms with E-state index in [2.05, 4.69) is 26.0 Å². The number of aliphatic hydroxyl groups excluding tert-OH is 7. The van der Waals surface area contributed by atoms with E-state index in [1.807, 2.05) is 0 Å². The lowest BCUT2D eigenvalue weighted by atomic mass is 9.98. The second-order valence-electron chi connectivity index (χ2n) is 19.4. The molecule has 2 heterocycles. The maximum Gasteiger partial charge on any atom is 0.306 e. The van der Waals surface area contributed by atoms with Crippen LogP contribution in [-0.4, -0.2) is 142 Å². The standard InChI is InChI=1S/C53H98O15/c1-3-5-7-9-11-13-15-17-18-19-20-21-22-24-25-27-29-31-33-35-44(55)63-38-41(66-45(56)36-34-32-30-28-26-23-16-14-12-10-8-6-4-2)39-64-52-51(62)49(60)47(58)43(68-52)40-65-53-50(61)48(59)46(57)42(37-54)67-53/h17-18,41-43,46-54,57-62H,3-16,19-40H2,1-2H3/b18-17+/t41-,42+,43+,46-,47-,48?,49?,50?,51?,52+,53+/m0/s1. The zero-order valence-corrected chi connectivity index (χ0v) is 42.4. The first-order valence-electron chi connectivity index (χ1n) is 27.3. The van der Waals surface area contributed by atoms with Gasteiger partial charge < -0.3 is 64.2 Å². The van der Waals surface area contributed by atoms with Crippen molar-refractivity contribution in [2.45, 2.75) is 287 Å². The highest BCUT2D eigenvalue weighted by atomic mass is 16.7. The largest absolute Gasteiger partial charge is 0.462 e. The quantitative estimate of drug-likeness (QED) is 0.0174. The van der Waals surface area contributed by atoms with Crippen molar-refractivity contribution in [3.63, 3.8) is 0 Å². The molecule has 4 unspecified atom stereocenters. The summed E-state index contributed by atoms with van der Waals surface area (Å²) in [7, 11) is 0. The van der Waals surface area contributed by atoms with E-state index < -0.39 is 92.7 Å². The maximum absolute atomic E-state index is 13.0. The number of hydrogen-bond donors (Lipinski definition) is 7. The Morgan fingerprint density at radius 3 is 1.29 bits per heavy atom. The van der Waals surface area contributed by atoms with Crippen LogP contribution in [0.25, 0.3) is 0 Å². The molecule has 2 rings (SSSR count). The van der Waals surface area contributed by atoms with Gasteiger partial charge in [0, 0.05) is 12.8 Å². The summed E-state index contributed by atoms with van der Waals surface area (Å²) in [4.78, 5) is 25.8. The average Bonchev–Trinajstić information content (AvgIpc) is 3.33. The molecule has 68 heavy (non-hydrogen) atoms. The van der Waals surface area contributed by atoms with Gasteiger partial charge in [-0.2, -0.15) is 0 Å². The zero-order chi connectivity index (χ0) is 49.6. The fourth-order valence-electron chi connectivity index (χ4n) is 8.74. The minimum Gasteiger partial charge on any atom is -0.462 e. The van der Waals surface area contributed by atoms with Gasteiger partial charge in [0.1, 0.15) is 55.4 Å². The third-order valence-electron chi connectivity index (χ3n) is 13.2. The summed E-state index contributed by atoms with van der Waals surface area (Å²) < 4.78 is 33.6. The van der Waals surface area contributed by atoms with Crippen LogP contribution in [0.5, 0.6) is 0 Å². The molecular formula is C53H98O15. The van der Waals surface area contributed by atoms with Crippen LogP contribution in [0.4, 0.5) is 0 Å². The molecule has 0 radical (unpaired) electrons. The predicted molar refractivity (Wildman–Crippen MR) is 261 cm³/mol. The summed E-state index contributed by atoms with van der Waals surface area (Å²) in [6, 6.07) is 0. The van der Waals surface area contributed by atoms with Crippen molar-refractivity contribution in [3.8, 4) is 0 Å². The van der Waals surface area contributed by atoms with E-state index in [9.17, 15) is 45.3 Å². The molecule has 7 N–H and O–H groups in total. The number of aliphatic hydroxyl groups is 7. The summed E-state index contributed by atoms with van der Waals surface area (Å²) in [6.07, 6.45) is 23.8. The second-order valence-corrected chi connectivity index (χ2v) is 19.4. The Hall–Kier alpha value is -1.76. The fourth-order valence-corrected chi connectivity index (χ4v) is 8.74. The van der Waals surface area contributed by atoms with Gasteiger partial charge in [0.2, 0.25) is 0 Å². The van der Waals surface area contributed by atoms with E-state index in [4.69, 9.17) is 28.4 Å². The van der Waals surface area contributed by atoms with Gasteiger partial charge in [-0.05, 0) is 38.5 Å². The topological polar surface area (TPSA) is 231 Å². The monoisotopic (exact) mass is 975 g/mol. The molecule has 0 aromatic heterocycles.